The van der Waals surface area contributed by atoms with Gasteiger partial charge in [-0.05, 0) is 0 Å². The summed E-state index contributed by atoms with van der Waals surface area (Å²) in [6.45, 7) is 2.70. The Kier molecular flexibility index (Phi) is 3.17. The second-order valence-corrected chi connectivity index (χ2v) is 3.81. The van der Waals surface area contributed by atoms with Crippen molar-refractivity contribution in [2.75, 3.05) is 25.4 Å². The monoisotopic (exact) mass is 200 g/mol. The van der Waals surface area contributed by atoms with E-state index >= 15 is 0 Å². The minimum Gasteiger partial charge on any atom is -0.375 e. The highest BCUT2D eigenvalue weighted by atomic mass is 32.2. The molecule has 2 N–H and O–H groups in total. The number of nitrogens with zero attached hydrogens (tertiary/aromatic N) is 2. The molecular weight excluding hydrogens is 188 g/mol. The number of hydrogen-bond donors (Lipinski definition) is 2. The maximum Gasteiger partial charge on any atom is 0.183 e. The van der Waals surface area contributed by atoms with E-state index in [0.717, 1.165) is 30.6 Å². The normalized spacial score (nSPS) is 23.2. The summed E-state index contributed by atoms with van der Waals surface area (Å²) in [4.78, 5) is 4.02. The molecule has 1 saturated heterocycles. The Hall–Kier alpha value is -0.590. The average molecular weight is 200 g/mol. The van der Waals surface area contributed by atoms with Crippen LogP contribution in [0, 0.1) is 0 Å². The first-order chi connectivity index (χ1) is 6.45. The number of hydrogen-bond acceptors (Lipinski definition) is 5. The molecular formula is C7H12N4OS. The highest BCUT2D eigenvalue weighted by Gasteiger charge is 2.13. The zero-order valence-electron chi connectivity index (χ0n) is 7.19. The van der Waals surface area contributed by atoms with Gasteiger partial charge in [0.15, 0.2) is 5.16 Å². The predicted octanol–water partition coefficient (Wildman–Crippen LogP) is -0.115. The SMILES string of the molecule is c1n[nH]c(SCC2CNCCO2)n1. The topological polar surface area (TPSA) is 62.8 Å². The summed E-state index contributed by atoms with van der Waals surface area (Å²) in [6.07, 6.45) is 1.81. The van der Waals surface area contributed by atoms with E-state index in [0.29, 0.717) is 6.10 Å². The fraction of sp³-hybridized carbons (Fsp3) is 0.714. The van der Waals surface area contributed by atoms with E-state index in [1.165, 1.54) is 6.33 Å². The molecule has 0 saturated carbocycles. The lowest BCUT2D eigenvalue weighted by atomic mass is 10.3. The van der Waals surface area contributed by atoms with Crippen molar-refractivity contribution in [1.29, 1.82) is 0 Å². The highest BCUT2D eigenvalue weighted by molar-refractivity contribution is 7.99. The standard InChI is InChI=1S/C7H12N4OS/c1-2-12-6(3-8-1)4-13-7-9-5-10-11-7/h5-6,8H,1-4H2,(H,9,10,11). The summed E-state index contributed by atoms with van der Waals surface area (Å²) in [5.41, 5.74) is 0. The molecule has 1 aliphatic rings. The van der Waals surface area contributed by atoms with Crippen LogP contribution in [0.25, 0.3) is 0 Å². The number of ether oxygens (including phenoxy) is 1. The molecule has 5 nitrogen and oxygen atoms in total. The molecule has 0 aromatic carbocycles. The van der Waals surface area contributed by atoms with Gasteiger partial charge in [0.25, 0.3) is 0 Å². The molecule has 13 heavy (non-hydrogen) atoms. The van der Waals surface area contributed by atoms with Gasteiger partial charge in [0.05, 0.1) is 12.7 Å². The lowest BCUT2D eigenvalue weighted by Crippen LogP contribution is -2.39. The van der Waals surface area contributed by atoms with Crippen molar-refractivity contribution in [3.8, 4) is 0 Å². The fourth-order valence-corrected chi connectivity index (χ4v) is 1.96. The molecule has 2 heterocycles. The average Bonchev–Trinajstić information content (AvgIpc) is 2.69. The van der Waals surface area contributed by atoms with Crippen molar-refractivity contribution < 1.29 is 4.74 Å². The molecule has 0 bridgehead atoms. The van der Waals surface area contributed by atoms with Crippen molar-refractivity contribution in [3.63, 3.8) is 0 Å². The molecule has 1 unspecified atom stereocenters. The summed E-state index contributed by atoms with van der Waals surface area (Å²) >= 11 is 1.64. The molecule has 6 heteroatoms. The van der Waals surface area contributed by atoms with E-state index in [1.54, 1.807) is 11.8 Å². The minimum atomic E-state index is 0.295. The van der Waals surface area contributed by atoms with E-state index in [9.17, 15) is 0 Å². The second kappa shape index (κ2) is 4.59. The third kappa shape index (κ3) is 2.68. The van der Waals surface area contributed by atoms with Crippen LogP contribution < -0.4 is 5.32 Å². The van der Waals surface area contributed by atoms with Gasteiger partial charge in [-0.3, -0.25) is 5.10 Å². The van der Waals surface area contributed by atoms with Crippen molar-refractivity contribution in [3.05, 3.63) is 6.33 Å². The van der Waals surface area contributed by atoms with E-state index in [1.807, 2.05) is 0 Å². The highest BCUT2D eigenvalue weighted by Crippen LogP contribution is 2.14. The number of H-pyrrole nitrogens is 1. The van der Waals surface area contributed by atoms with Gasteiger partial charge in [-0.1, -0.05) is 11.8 Å². The van der Waals surface area contributed by atoms with E-state index in [-0.39, 0.29) is 0 Å². The van der Waals surface area contributed by atoms with Crippen LogP contribution in [0.5, 0.6) is 0 Å². The summed E-state index contributed by atoms with van der Waals surface area (Å²) in [7, 11) is 0. The molecule has 1 aromatic rings. The molecule has 0 amide bonds. The lowest BCUT2D eigenvalue weighted by Gasteiger charge is -2.22. The van der Waals surface area contributed by atoms with Gasteiger partial charge < -0.3 is 10.1 Å². The van der Waals surface area contributed by atoms with Gasteiger partial charge >= 0.3 is 0 Å². The number of nitrogens with one attached hydrogen (secondary N) is 2. The van der Waals surface area contributed by atoms with Gasteiger partial charge in [0, 0.05) is 18.8 Å². The van der Waals surface area contributed by atoms with Crippen LogP contribution in [0.15, 0.2) is 11.5 Å². The zero-order valence-corrected chi connectivity index (χ0v) is 8.01. The van der Waals surface area contributed by atoms with E-state index in [2.05, 4.69) is 20.5 Å². The molecule has 2 rings (SSSR count). The van der Waals surface area contributed by atoms with Crippen molar-refractivity contribution >= 4 is 11.8 Å². The summed E-state index contributed by atoms with van der Waals surface area (Å²) in [6, 6.07) is 0. The van der Waals surface area contributed by atoms with Gasteiger partial charge in [0.1, 0.15) is 6.33 Å². The van der Waals surface area contributed by atoms with Gasteiger partial charge in [-0.2, -0.15) is 5.10 Å². The van der Waals surface area contributed by atoms with E-state index < -0.39 is 0 Å². The lowest BCUT2D eigenvalue weighted by molar-refractivity contribution is 0.0440. The number of aromatic nitrogens is 3. The zero-order chi connectivity index (χ0) is 8.93. The first kappa shape index (κ1) is 8.98. The molecule has 0 aliphatic carbocycles. The van der Waals surface area contributed by atoms with Crippen LogP contribution in [0.4, 0.5) is 0 Å². The summed E-state index contributed by atoms with van der Waals surface area (Å²) in [5.74, 6) is 0.919. The second-order valence-electron chi connectivity index (χ2n) is 2.80. The Bertz CT molecular complexity index is 235. The van der Waals surface area contributed by atoms with Gasteiger partial charge in [-0.15, -0.1) is 0 Å². The molecule has 0 radical (unpaired) electrons. The quantitative estimate of drug-likeness (QED) is 0.666. The Labute approximate surface area is 80.7 Å². The maximum atomic E-state index is 5.53. The number of rotatable bonds is 3. The van der Waals surface area contributed by atoms with Crippen LogP contribution >= 0.6 is 11.8 Å². The van der Waals surface area contributed by atoms with Gasteiger partial charge in [-0.25, -0.2) is 4.98 Å². The van der Waals surface area contributed by atoms with Crippen molar-refractivity contribution in [1.82, 2.24) is 20.5 Å². The molecule has 72 valence electrons. The molecule has 0 spiro atoms. The Morgan fingerprint density at radius 2 is 2.69 bits per heavy atom. The van der Waals surface area contributed by atoms with Crippen LogP contribution in [0.2, 0.25) is 0 Å². The molecule has 1 atom stereocenters. The van der Waals surface area contributed by atoms with Crippen LogP contribution in [0.1, 0.15) is 0 Å². The molecule has 1 aliphatic heterocycles. The number of morpholine rings is 1. The van der Waals surface area contributed by atoms with Crippen LogP contribution in [-0.2, 0) is 4.74 Å². The molecule has 1 fully saturated rings. The van der Waals surface area contributed by atoms with Crippen LogP contribution in [-0.4, -0.2) is 46.7 Å². The number of aromatic amines is 1. The Balaban J connectivity index is 1.72. The Morgan fingerprint density at radius 1 is 1.69 bits per heavy atom. The third-order valence-corrected chi connectivity index (χ3v) is 2.81. The smallest absolute Gasteiger partial charge is 0.183 e. The van der Waals surface area contributed by atoms with Gasteiger partial charge in [0.2, 0.25) is 0 Å². The summed E-state index contributed by atoms with van der Waals surface area (Å²) in [5, 5.41) is 10.7. The third-order valence-electron chi connectivity index (χ3n) is 1.80. The number of thioether (sulfide) groups is 1. The first-order valence-corrected chi connectivity index (χ1v) is 5.24. The Morgan fingerprint density at radius 3 is 3.38 bits per heavy atom. The van der Waals surface area contributed by atoms with Crippen molar-refractivity contribution in [2.24, 2.45) is 0 Å². The maximum absolute atomic E-state index is 5.53. The van der Waals surface area contributed by atoms with Crippen molar-refractivity contribution in [2.45, 2.75) is 11.3 Å². The fourth-order valence-electron chi connectivity index (χ4n) is 1.16. The first-order valence-electron chi connectivity index (χ1n) is 4.25. The predicted molar refractivity (Wildman–Crippen MR) is 49.7 cm³/mol. The molecule has 1 aromatic heterocycles. The largest absolute Gasteiger partial charge is 0.375 e. The van der Waals surface area contributed by atoms with E-state index in [4.69, 9.17) is 4.74 Å². The minimum absolute atomic E-state index is 0.295. The summed E-state index contributed by atoms with van der Waals surface area (Å²) < 4.78 is 5.53. The van der Waals surface area contributed by atoms with Crippen LogP contribution in [0.3, 0.4) is 0 Å².